The number of nitrogens with one attached hydrogen (secondary N) is 2. The number of rotatable bonds is 10. The summed E-state index contributed by atoms with van der Waals surface area (Å²) in [5.74, 6) is -1.16. The van der Waals surface area contributed by atoms with Crippen LogP contribution in [-0.4, -0.2) is 33.5 Å². The highest BCUT2D eigenvalue weighted by Crippen LogP contribution is 2.46. The highest BCUT2D eigenvalue weighted by atomic mass is 79.9. The third kappa shape index (κ3) is 6.65. The van der Waals surface area contributed by atoms with Crippen molar-refractivity contribution in [1.29, 1.82) is 0 Å². The number of aromatic nitrogens is 2. The Morgan fingerprint density at radius 1 is 1.17 bits per heavy atom. The van der Waals surface area contributed by atoms with Crippen molar-refractivity contribution in [3.05, 3.63) is 103 Å². The van der Waals surface area contributed by atoms with Gasteiger partial charge in [0.25, 0.3) is 5.56 Å². The van der Waals surface area contributed by atoms with Crippen LogP contribution in [0.15, 0.2) is 74.9 Å². The van der Waals surface area contributed by atoms with Crippen molar-refractivity contribution in [3.8, 4) is 0 Å². The van der Waals surface area contributed by atoms with E-state index in [4.69, 9.17) is 13.8 Å². The second kappa shape index (κ2) is 11.7. The largest absolute Gasteiger partial charge is 0.406 e. The van der Waals surface area contributed by atoms with Crippen LogP contribution in [0.2, 0.25) is 0 Å². The van der Waals surface area contributed by atoms with Gasteiger partial charge in [-0.05, 0) is 17.2 Å². The van der Waals surface area contributed by atoms with E-state index in [0.717, 1.165) is 26.4 Å². The molecule has 2 heterocycles. The van der Waals surface area contributed by atoms with Crippen LogP contribution < -0.4 is 16.3 Å². The van der Waals surface area contributed by atoms with E-state index in [1.54, 1.807) is 6.07 Å². The number of ether oxygens (including phenoxy) is 1. The number of aliphatic hydroxyl groups excluding tert-OH is 1. The van der Waals surface area contributed by atoms with E-state index in [0.29, 0.717) is 0 Å². The molecule has 192 valence electrons. The van der Waals surface area contributed by atoms with Crippen molar-refractivity contribution in [2.24, 2.45) is 0 Å². The number of halogens is 2. The molecule has 0 bridgehead atoms. The van der Waals surface area contributed by atoms with E-state index in [1.165, 1.54) is 0 Å². The van der Waals surface area contributed by atoms with Crippen LogP contribution in [0.1, 0.15) is 23.8 Å². The van der Waals surface area contributed by atoms with Crippen LogP contribution in [0.5, 0.6) is 0 Å². The molecule has 1 saturated heterocycles. The van der Waals surface area contributed by atoms with Gasteiger partial charge in [0.15, 0.2) is 0 Å². The zero-order chi connectivity index (χ0) is 25.7. The molecular weight excluding hydrogens is 560 g/mol. The van der Waals surface area contributed by atoms with Crippen LogP contribution in [0.25, 0.3) is 0 Å². The van der Waals surface area contributed by atoms with Gasteiger partial charge in [0, 0.05) is 17.4 Å². The van der Waals surface area contributed by atoms with Gasteiger partial charge in [-0.3, -0.25) is 23.4 Å². The molecule has 1 aliphatic heterocycles. The first-order chi connectivity index (χ1) is 17.2. The minimum Gasteiger partial charge on any atom is -0.390 e. The molecule has 3 aromatic rings. The molecule has 10 nitrogen and oxygen atoms in total. The summed E-state index contributed by atoms with van der Waals surface area (Å²) in [5.41, 5.74) is -0.434. The minimum absolute atomic E-state index is 0.0246. The van der Waals surface area contributed by atoms with Crippen molar-refractivity contribution in [3.63, 3.8) is 0 Å². The molecule has 1 aromatic heterocycles. The number of hydrogen-bond acceptors (Lipinski definition) is 7. The molecule has 0 aliphatic carbocycles. The molecular formula is C23H24BrFN3O7P. The van der Waals surface area contributed by atoms with Gasteiger partial charge in [0.05, 0.1) is 25.5 Å². The van der Waals surface area contributed by atoms with Crippen molar-refractivity contribution < 1.29 is 27.8 Å². The average molecular weight is 584 g/mol. The Hall–Kier alpha value is -2.44. The summed E-state index contributed by atoms with van der Waals surface area (Å²) in [6.45, 7) is -0.173. The van der Waals surface area contributed by atoms with E-state index < -0.39 is 43.2 Å². The van der Waals surface area contributed by atoms with Crippen LogP contribution in [-0.2, 0) is 31.5 Å². The van der Waals surface area contributed by atoms with Crippen molar-refractivity contribution >= 4 is 23.7 Å². The fraction of sp³-hybridized carbons (Fsp3) is 0.304. The van der Waals surface area contributed by atoms with Gasteiger partial charge in [0.2, 0.25) is 5.82 Å². The molecule has 0 radical (unpaired) electrons. The Balaban J connectivity index is 1.45. The van der Waals surface area contributed by atoms with Gasteiger partial charge in [-0.25, -0.2) is 14.4 Å². The summed E-state index contributed by atoms with van der Waals surface area (Å²) in [6.07, 6.45) is -2.50. The lowest BCUT2D eigenvalue weighted by molar-refractivity contribution is -0.0442. The van der Waals surface area contributed by atoms with E-state index >= 15 is 0 Å². The van der Waals surface area contributed by atoms with Gasteiger partial charge >= 0.3 is 13.4 Å². The van der Waals surface area contributed by atoms with Gasteiger partial charge in [-0.15, -0.1) is 0 Å². The van der Waals surface area contributed by atoms with Crippen molar-refractivity contribution in [2.75, 3.05) is 6.61 Å². The normalized spacial score (nSPS) is 21.4. The number of benzene rings is 2. The first kappa shape index (κ1) is 26.6. The van der Waals surface area contributed by atoms with E-state index in [9.17, 15) is 23.7 Å². The third-order valence-electron chi connectivity index (χ3n) is 5.52. The quantitative estimate of drug-likeness (QED) is 0.310. The summed E-state index contributed by atoms with van der Waals surface area (Å²) in [7, 11) is -3.90. The number of hydrogen-bond donors (Lipinski definition) is 3. The van der Waals surface area contributed by atoms with Gasteiger partial charge in [-0.1, -0.05) is 64.5 Å². The second-order valence-electron chi connectivity index (χ2n) is 8.05. The summed E-state index contributed by atoms with van der Waals surface area (Å²) in [4.78, 5) is 25.2. The lowest BCUT2D eigenvalue weighted by atomic mass is 10.2. The summed E-state index contributed by atoms with van der Waals surface area (Å²) in [5, 5.41) is 13.3. The fourth-order valence-electron chi connectivity index (χ4n) is 3.56. The number of aromatic amines is 1. The Bertz CT molecular complexity index is 1350. The average Bonchev–Trinajstić information content (AvgIpc) is 3.24. The Kier molecular flexibility index (Phi) is 8.68. The van der Waals surface area contributed by atoms with Crippen LogP contribution >= 0.6 is 23.7 Å². The first-order valence-corrected chi connectivity index (χ1v) is 13.3. The van der Waals surface area contributed by atoms with E-state index in [2.05, 4.69) is 21.0 Å². The molecule has 1 aliphatic rings. The molecule has 3 N–H and O–H groups in total. The van der Waals surface area contributed by atoms with E-state index in [-0.39, 0.29) is 26.2 Å². The standard InChI is InChI=1S/C23H24BrFN3O7P/c24-17-9-5-4-8-16(17)13-33-36(32,26-11-15-6-2-1-3-7-15)34-14-20-19(29)10-21(35-20)28-12-18(25)22(30)27-23(28)31/h1-9,12,19-21,29H,10-11,13-14H2,(H,26,32)(H,27,30,31)/t19-,20+,21+,36?/m0/s1. The lowest BCUT2D eigenvalue weighted by Gasteiger charge is -2.22. The van der Waals surface area contributed by atoms with Gasteiger partial charge in [0.1, 0.15) is 12.3 Å². The van der Waals surface area contributed by atoms with Crippen LogP contribution in [0.4, 0.5) is 4.39 Å². The zero-order valence-electron chi connectivity index (χ0n) is 18.9. The first-order valence-electron chi connectivity index (χ1n) is 11.0. The maximum atomic E-state index is 13.7. The van der Waals surface area contributed by atoms with Crippen LogP contribution in [0.3, 0.4) is 0 Å². The van der Waals surface area contributed by atoms with Crippen molar-refractivity contribution in [1.82, 2.24) is 14.6 Å². The predicted molar refractivity (Wildman–Crippen MR) is 132 cm³/mol. The molecule has 4 rings (SSSR count). The topological polar surface area (TPSA) is 132 Å². The minimum atomic E-state index is -3.90. The number of nitrogens with zero attached hydrogens (tertiary/aromatic N) is 1. The highest BCUT2D eigenvalue weighted by Gasteiger charge is 2.38. The number of H-pyrrole nitrogens is 1. The molecule has 13 heteroatoms. The predicted octanol–water partition coefficient (Wildman–Crippen LogP) is 3.22. The smallest absolute Gasteiger partial charge is 0.390 e. The summed E-state index contributed by atoms with van der Waals surface area (Å²) in [6, 6.07) is 16.5. The maximum absolute atomic E-state index is 13.7. The fourth-order valence-corrected chi connectivity index (χ4v) is 5.25. The lowest BCUT2D eigenvalue weighted by Crippen LogP contribution is -2.34. The molecule has 0 spiro atoms. The summed E-state index contributed by atoms with van der Waals surface area (Å²) >= 11 is 3.42. The maximum Gasteiger partial charge on any atom is 0.406 e. The molecule has 0 amide bonds. The molecule has 1 fully saturated rings. The molecule has 1 unspecified atom stereocenters. The highest BCUT2D eigenvalue weighted by molar-refractivity contribution is 9.10. The molecule has 0 saturated carbocycles. The molecule has 2 aromatic carbocycles. The zero-order valence-corrected chi connectivity index (χ0v) is 21.4. The van der Waals surface area contributed by atoms with Gasteiger partial charge < -0.3 is 9.84 Å². The van der Waals surface area contributed by atoms with E-state index in [1.807, 2.05) is 53.5 Å². The van der Waals surface area contributed by atoms with Crippen LogP contribution in [0, 0.1) is 5.82 Å². The van der Waals surface area contributed by atoms with Gasteiger partial charge in [-0.2, -0.15) is 4.39 Å². The Morgan fingerprint density at radius 2 is 1.89 bits per heavy atom. The summed E-state index contributed by atoms with van der Waals surface area (Å²) < 4.78 is 45.8. The third-order valence-corrected chi connectivity index (χ3v) is 7.79. The Morgan fingerprint density at radius 3 is 2.64 bits per heavy atom. The number of aliphatic hydroxyl groups is 1. The second-order valence-corrected chi connectivity index (χ2v) is 10.7. The van der Waals surface area contributed by atoms with Crippen molar-refractivity contribution in [2.45, 2.75) is 38.0 Å². The molecule has 4 atom stereocenters. The monoisotopic (exact) mass is 583 g/mol. The SMILES string of the molecule is O=c1[nH]c(=O)n([C@H]2C[C@H](O)[C@@H](COP(=O)(NCc3ccccc3)OCc3ccccc3Br)O2)cc1F. The molecule has 36 heavy (non-hydrogen) atoms. The Labute approximate surface area is 213 Å².